The first-order chi connectivity index (χ1) is 8.58. The van der Waals surface area contributed by atoms with Crippen LogP contribution in [0.25, 0.3) is 0 Å². The molecule has 96 valence electrons. The van der Waals surface area contributed by atoms with Gasteiger partial charge in [-0.1, -0.05) is 0 Å². The fourth-order valence-electron chi connectivity index (χ4n) is 2.41. The van der Waals surface area contributed by atoms with E-state index in [1.54, 1.807) is 6.92 Å². The Morgan fingerprint density at radius 1 is 1.33 bits per heavy atom. The Morgan fingerprint density at radius 2 is 2.00 bits per heavy atom. The maximum absolute atomic E-state index is 12.4. The molecule has 1 heterocycles. The van der Waals surface area contributed by atoms with E-state index in [1.165, 1.54) is 0 Å². The number of likely N-dealkylation sites (tertiary alicyclic amines) is 1. The fraction of sp³-hybridized carbons (Fsp3) is 0.429. The maximum atomic E-state index is 12.4. The predicted molar refractivity (Wildman–Crippen MR) is 78.5 cm³/mol. The first-order valence-corrected chi connectivity index (χ1v) is 7.22. The number of hydrogen-bond acceptors (Lipinski definition) is 2. The number of hydrogen-bond donors (Lipinski definition) is 0. The molecule has 1 atom stereocenters. The van der Waals surface area contributed by atoms with Crippen molar-refractivity contribution in [2.24, 2.45) is 0 Å². The summed E-state index contributed by atoms with van der Waals surface area (Å²) in [4.78, 5) is 25.4. The van der Waals surface area contributed by atoms with Crippen molar-refractivity contribution in [3.05, 3.63) is 33.4 Å². The van der Waals surface area contributed by atoms with E-state index in [0.717, 1.165) is 23.0 Å². The van der Waals surface area contributed by atoms with Crippen molar-refractivity contribution in [3.8, 4) is 0 Å². The van der Waals surface area contributed by atoms with E-state index in [0.29, 0.717) is 12.0 Å². The van der Waals surface area contributed by atoms with Gasteiger partial charge in [-0.25, -0.2) is 0 Å². The van der Waals surface area contributed by atoms with Gasteiger partial charge in [-0.2, -0.15) is 0 Å². The van der Waals surface area contributed by atoms with Crippen LogP contribution in [0.15, 0.2) is 24.3 Å². The van der Waals surface area contributed by atoms with Crippen molar-refractivity contribution < 1.29 is 9.59 Å². The van der Waals surface area contributed by atoms with Gasteiger partial charge in [0.15, 0.2) is 0 Å². The molecule has 1 aromatic carbocycles. The summed E-state index contributed by atoms with van der Waals surface area (Å²) in [6.07, 6.45) is 2.42. The lowest BCUT2D eigenvalue weighted by atomic mass is 10.1. The lowest BCUT2D eigenvalue weighted by Gasteiger charge is -2.24. The van der Waals surface area contributed by atoms with Crippen LogP contribution in [0.3, 0.4) is 0 Å². The number of halogens is 1. The minimum absolute atomic E-state index is 0.0511. The van der Waals surface area contributed by atoms with E-state index in [-0.39, 0.29) is 17.7 Å². The van der Waals surface area contributed by atoms with Crippen molar-refractivity contribution in [2.45, 2.75) is 32.2 Å². The molecule has 0 spiro atoms. The molecule has 1 fully saturated rings. The SMILES string of the molecule is CC(=O)CC1CCCN1C(=O)c1ccc(I)cc1. The molecule has 1 amide bonds. The van der Waals surface area contributed by atoms with E-state index >= 15 is 0 Å². The van der Waals surface area contributed by atoms with Crippen LogP contribution in [-0.2, 0) is 4.79 Å². The minimum Gasteiger partial charge on any atom is -0.335 e. The van der Waals surface area contributed by atoms with Gasteiger partial charge in [-0.05, 0) is 66.6 Å². The van der Waals surface area contributed by atoms with Crippen molar-refractivity contribution in [2.75, 3.05) is 6.54 Å². The third-order valence-electron chi connectivity index (χ3n) is 3.25. The topological polar surface area (TPSA) is 37.4 Å². The molecular weight excluding hydrogens is 341 g/mol. The van der Waals surface area contributed by atoms with Crippen LogP contribution in [0.4, 0.5) is 0 Å². The molecule has 3 nitrogen and oxygen atoms in total. The Kier molecular flexibility index (Phi) is 4.37. The summed E-state index contributed by atoms with van der Waals surface area (Å²) in [7, 11) is 0. The van der Waals surface area contributed by atoms with Crippen LogP contribution in [0, 0.1) is 3.57 Å². The van der Waals surface area contributed by atoms with Gasteiger partial charge in [0.1, 0.15) is 5.78 Å². The number of carbonyl (C=O) groups excluding carboxylic acids is 2. The summed E-state index contributed by atoms with van der Waals surface area (Å²) in [5.41, 5.74) is 0.714. The summed E-state index contributed by atoms with van der Waals surface area (Å²) in [6, 6.07) is 7.67. The lowest BCUT2D eigenvalue weighted by Crippen LogP contribution is -2.36. The Hall–Kier alpha value is -0.910. The summed E-state index contributed by atoms with van der Waals surface area (Å²) >= 11 is 2.22. The zero-order valence-electron chi connectivity index (χ0n) is 10.4. The minimum atomic E-state index is 0.0511. The Labute approximate surface area is 121 Å². The third-order valence-corrected chi connectivity index (χ3v) is 3.97. The zero-order valence-corrected chi connectivity index (χ0v) is 12.5. The van der Waals surface area contributed by atoms with Crippen LogP contribution in [0.1, 0.15) is 36.5 Å². The molecule has 1 aliphatic heterocycles. The molecule has 0 radical (unpaired) electrons. The summed E-state index contributed by atoms with van der Waals surface area (Å²) < 4.78 is 1.12. The second kappa shape index (κ2) is 5.82. The van der Waals surface area contributed by atoms with Gasteiger partial charge in [0.2, 0.25) is 0 Å². The molecule has 2 rings (SSSR count). The van der Waals surface area contributed by atoms with E-state index in [4.69, 9.17) is 0 Å². The third kappa shape index (κ3) is 3.10. The molecule has 0 saturated carbocycles. The molecule has 1 saturated heterocycles. The van der Waals surface area contributed by atoms with Gasteiger partial charge < -0.3 is 4.90 Å². The standard InChI is InChI=1S/C14H16INO2/c1-10(17)9-13-3-2-8-16(13)14(18)11-4-6-12(15)7-5-11/h4-7,13H,2-3,8-9H2,1H3. The van der Waals surface area contributed by atoms with Gasteiger partial charge in [-0.15, -0.1) is 0 Å². The van der Waals surface area contributed by atoms with E-state index < -0.39 is 0 Å². The van der Waals surface area contributed by atoms with Crippen LogP contribution >= 0.6 is 22.6 Å². The average molecular weight is 357 g/mol. The van der Waals surface area contributed by atoms with Crippen molar-refractivity contribution in [1.82, 2.24) is 4.90 Å². The largest absolute Gasteiger partial charge is 0.335 e. The van der Waals surface area contributed by atoms with Crippen molar-refractivity contribution in [3.63, 3.8) is 0 Å². The van der Waals surface area contributed by atoms with Crippen molar-refractivity contribution in [1.29, 1.82) is 0 Å². The number of Topliss-reactive ketones (excluding diaryl/α,β-unsaturated/α-hetero) is 1. The second-order valence-electron chi connectivity index (χ2n) is 4.71. The maximum Gasteiger partial charge on any atom is 0.254 e. The number of ketones is 1. The van der Waals surface area contributed by atoms with Gasteiger partial charge >= 0.3 is 0 Å². The molecule has 1 aliphatic rings. The lowest BCUT2D eigenvalue weighted by molar-refractivity contribution is -0.117. The van der Waals surface area contributed by atoms with Gasteiger partial charge in [0.25, 0.3) is 5.91 Å². The summed E-state index contributed by atoms with van der Waals surface area (Å²) in [5.74, 6) is 0.206. The first-order valence-electron chi connectivity index (χ1n) is 6.14. The van der Waals surface area contributed by atoms with Gasteiger partial charge in [0.05, 0.1) is 0 Å². The highest BCUT2D eigenvalue weighted by Gasteiger charge is 2.29. The van der Waals surface area contributed by atoms with E-state index in [1.807, 2.05) is 29.2 Å². The van der Waals surface area contributed by atoms with Crippen LogP contribution in [-0.4, -0.2) is 29.2 Å². The first kappa shape index (κ1) is 13.5. The van der Waals surface area contributed by atoms with E-state index in [9.17, 15) is 9.59 Å². The number of rotatable bonds is 3. The van der Waals surface area contributed by atoms with Crippen molar-refractivity contribution >= 4 is 34.3 Å². The molecule has 1 unspecified atom stereocenters. The van der Waals surface area contributed by atoms with Gasteiger partial charge in [0, 0.05) is 28.1 Å². The zero-order chi connectivity index (χ0) is 13.1. The fourth-order valence-corrected chi connectivity index (χ4v) is 2.76. The molecular formula is C14H16INO2. The second-order valence-corrected chi connectivity index (χ2v) is 5.95. The molecule has 0 bridgehead atoms. The molecule has 1 aromatic rings. The monoisotopic (exact) mass is 357 g/mol. The number of amides is 1. The Bertz CT molecular complexity index is 455. The highest BCUT2D eigenvalue weighted by molar-refractivity contribution is 14.1. The highest BCUT2D eigenvalue weighted by Crippen LogP contribution is 2.23. The van der Waals surface area contributed by atoms with Crippen LogP contribution in [0.5, 0.6) is 0 Å². The highest BCUT2D eigenvalue weighted by atomic mass is 127. The number of benzene rings is 1. The predicted octanol–water partition coefficient (Wildman–Crippen LogP) is 2.87. The molecule has 0 N–H and O–H groups in total. The number of nitrogens with zero attached hydrogens (tertiary/aromatic N) is 1. The van der Waals surface area contributed by atoms with Gasteiger partial charge in [-0.3, -0.25) is 9.59 Å². The Balaban J connectivity index is 2.12. The normalized spacial score (nSPS) is 19.0. The number of carbonyl (C=O) groups is 2. The smallest absolute Gasteiger partial charge is 0.254 e. The molecule has 4 heteroatoms. The molecule has 0 aliphatic carbocycles. The summed E-state index contributed by atoms with van der Waals surface area (Å²) in [6.45, 7) is 2.36. The molecule has 18 heavy (non-hydrogen) atoms. The molecule has 0 aromatic heterocycles. The quantitative estimate of drug-likeness (QED) is 0.781. The van der Waals surface area contributed by atoms with Crippen LogP contribution in [0.2, 0.25) is 0 Å². The Morgan fingerprint density at radius 3 is 2.61 bits per heavy atom. The van der Waals surface area contributed by atoms with E-state index in [2.05, 4.69) is 22.6 Å². The average Bonchev–Trinajstić information content (AvgIpc) is 2.76. The van der Waals surface area contributed by atoms with Crippen LogP contribution < -0.4 is 0 Å². The summed E-state index contributed by atoms with van der Waals surface area (Å²) in [5, 5.41) is 0.